The minimum atomic E-state index is -0.0508. The average molecular weight is 354 g/mol. The van der Waals surface area contributed by atoms with E-state index < -0.39 is 0 Å². The number of aliphatic imine (C=N–C) groups is 1. The summed E-state index contributed by atoms with van der Waals surface area (Å²) in [6.07, 6.45) is 3.67. The number of rotatable bonds is 5. The van der Waals surface area contributed by atoms with Gasteiger partial charge in [-0.1, -0.05) is 35.9 Å². The number of hydrogen-bond acceptors (Lipinski definition) is 2. The van der Waals surface area contributed by atoms with Gasteiger partial charge in [-0.3, -0.25) is 9.67 Å². The first-order valence-corrected chi connectivity index (χ1v) is 8.38. The summed E-state index contributed by atoms with van der Waals surface area (Å²) >= 11 is 5.99. The highest BCUT2D eigenvalue weighted by Gasteiger charge is 2.14. The molecule has 0 aliphatic heterocycles. The first kappa shape index (κ1) is 17.0. The molecule has 128 valence electrons. The van der Waals surface area contributed by atoms with Crippen LogP contribution in [0.2, 0.25) is 5.02 Å². The van der Waals surface area contributed by atoms with Gasteiger partial charge in [0.05, 0.1) is 12.6 Å². The molecule has 1 heterocycles. The lowest BCUT2D eigenvalue weighted by molar-refractivity contribution is 0.533. The van der Waals surface area contributed by atoms with Crippen LogP contribution in [0.1, 0.15) is 17.2 Å². The molecule has 1 aromatic heterocycles. The third-order valence-corrected chi connectivity index (χ3v) is 4.08. The maximum absolute atomic E-state index is 6.05. The zero-order chi connectivity index (χ0) is 17.6. The molecule has 6 heteroatoms. The van der Waals surface area contributed by atoms with E-state index in [0.717, 1.165) is 16.8 Å². The predicted molar refractivity (Wildman–Crippen MR) is 103 cm³/mol. The Morgan fingerprint density at radius 1 is 1.24 bits per heavy atom. The van der Waals surface area contributed by atoms with Crippen molar-refractivity contribution in [2.75, 3.05) is 11.9 Å². The molecule has 0 bridgehead atoms. The lowest BCUT2D eigenvalue weighted by Crippen LogP contribution is -2.25. The molecule has 0 radical (unpaired) electrons. The number of anilines is 1. The highest BCUT2D eigenvalue weighted by atomic mass is 35.5. The van der Waals surface area contributed by atoms with Crippen LogP contribution in [-0.2, 0) is 0 Å². The molecule has 1 atom stereocenters. The summed E-state index contributed by atoms with van der Waals surface area (Å²) in [5, 5.41) is 8.16. The van der Waals surface area contributed by atoms with Crippen molar-refractivity contribution in [3.8, 4) is 0 Å². The van der Waals surface area contributed by atoms with Gasteiger partial charge in [0.2, 0.25) is 0 Å². The largest absolute Gasteiger partial charge is 0.370 e. The van der Waals surface area contributed by atoms with E-state index in [1.807, 2.05) is 72.4 Å². The van der Waals surface area contributed by atoms with E-state index >= 15 is 0 Å². The van der Waals surface area contributed by atoms with Gasteiger partial charge in [-0.2, -0.15) is 5.10 Å². The van der Waals surface area contributed by atoms with E-state index in [1.165, 1.54) is 0 Å². The van der Waals surface area contributed by atoms with Crippen molar-refractivity contribution in [2.45, 2.75) is 13.0 Å². The average Bonchev–Trinajstić information content (AvgIpc) is 3.11. The maximum atomic E-state index is 6.05. The quantitative estimate of drug-likeness (QED) is 0.540. The Hall–Kier alpha value is -2.79. The Kier molecular flexibility index (Phi) is 5.36. The number of aryl methyl sites for hydroxylation is 1. The van der Waals surface area contributed by atoms with Gasteiger partial charge in [0.1, 0.15) is 0 Å². The Labute approximate surface area is 152 Å². The van der Waals surface area contributed by atoms with Gasteiger partial charge in [0, 0.05) is 23.1 Å². The fourth-order valence-corrected chi connectivity index (χ4v) is 2.71. The molecule has 0 aliphatic rings. The van der Waals surface area contributed by atoms with Gasteiger partial charge in [0.15, 0.2) is 5.96 Å². The Bertz CT molecular complexity index is 841. The van der Waals surface area contributed by atoms with Crippen molar-refractivity contribution < 1.29 is 0 Å². The second-order valence-corrected chi connectivity index (χ2v) is 6.21. The highest BCUT2D eigenvalue weighted by molar-refractivity contribution is 6.30. The summed E-state index contributed by atoms with van der Waals surface area (Å²) < 4.78 is 1.87. The van der Waals surface area contributed by atoms with Crippen LogP contribution in [0.15, 0.2) is 72.0 Å². The molecule has 0 spiro atoms. The van der Waals surface area contributed by atoms with Crippen LogP contribution in [0.5, 0.6) is 0 Å². The number of benzene rings is 2. The molecule has 0 fully saturated rings. The molecule has 3 rings (SSSR count). The van der Waals surface area contributed by atoms with Crippen LogP contribution in [0.3, 0.4) is 0 Å². The summed E-state index contributed by atoms with van der Waals surface area (Å²) in [7, 11) is 0. The summed E-state index contributed by atoms with van der Waals surface area (Å²) in [5.41, 5.74) is 9.20. The van der Waals surface area contributed by atoms with Crippen molar-refractivity contribution in [3.05, 3.63) is 83.1 Å². The van der Waals surface area contributed by atoms with E-state index in [-0.39, 0.29) is 6.04 Å². The van der Waals surface area contributed by atoms with Crippen LogP contribution in [0.4, 0.5) is 5.69 Å². The topological polar surface area (TPSA) is 68.2 Å². The van der Waals surface area contributed by atoms with Gasteiger partial charge in [-0.05, 0) is 48.4 Å². The van der Waals surface area contributed by atoms with Gasteiger partial charge >= 0.3 is 0 Å². The number of halogens is 1. The fourth-order valence-electron chi connectivity index (χ4n) is 2.59. The van der Waals surface area contributed by atoms with Crippen molar-refractivity contribution in [3.63, 3.8) is 0 Å². The fraction of sp³-hybridized carbons (Fsp3) is 0.158. The van der Waals surface area contributed by atoms with E-state index in [2.05, 4.69) is 15.4 Å². The molecule has 3 aromatic rings. The summed E-state index contributed by atoms with van der Waals surface area (Å²) in [6.45, 7) is 2.50. The molecular weight excluding hydrogens is 334 g/mol. The van der Waals surface area contributed by atoms with Crippen molar-refractivity contribution in [2.24, 2.45) is 10.7 Å². The number of aromatic nitrogens is 2. The summed E-state index contributed by atoms with van der Waals surface area (Å²) in [4.78, 5) is 4.49. The molecule has 25 heavy (non-hydrogen) atoms. The second kappa shape index (κ2) is 7.85. The SMILES string of the molecule is Cc1cccc(NC(N)=NCC(c2ccc(Cl)cc2)n2cccn2)c1. The predicted octanol–water partition coefficient (Wildman–Crippen LogP) is 3.86. The molecule has 0 aliphatic carbocycles. The Morgan fingerprint density at radius 2 is 2.04 bits per heavy atom. The molecule has 0 saturated carbocycles. The third kappa shape index (κ3) is 4.61. The number of nitrogens with zero attached hydrogens (tertiary/aromatic N) is 3. The molecule has 1 unspecified atom stereocenters. The minimum Gasteiger partial charge on any atom is -0.370 e. The first-order chi connectivity index (χ1) is 12.1. The van der Waals surface area contributed by atoms with E-state index in [9.17, 15) is 0 Å². The normalized spacial score (nSPS) is 12.8. The first-order valence-electron chi connectivity index (χ1n) is 8.00. The molecule has 2 aromatic carbocycles. The van der Waals surface area contributed by atoms with Gasteiger partial charge in [0.25, 0.3) is 0 Å². The lowest BCUT2D eigenvalue weighted by atomic mass is 10.1. The summed E-state index contributed by atoms with van der Waals surface area (Å²) in [6, 6.07) is 17.5. The maximum Gasteiger partial charge on any atom is 0.193 e. The van der Waals surface area contributed by atoms with E-state index in [4.69, 9.17) is 17.3 Å². The molecular formula is C19H20ClN5. The number of guanidine groups is 1. The van der Waals surface area contributed by atoms with Crippen LogP contribution in [0, 0.1) is 6.92 Å². The van der Waals surface area contributed by atoms with Crippen LogP contribution >= 0.6 is 11.6 Å². The van der Waals surface area contributed by atoms with Gasteiger partial charge < -0.3 is 11.1 Å². The molecule has 3 N–H and O–H groups in total. The van der Waals surface area contributed by atoms with Gasteiger partial charge in [-0.25, -0.2) is 0 Å². The highest BCUT2D eigenvalue weighted by Crippen LogP contribution is 2.20. The third-order valence-electron chi connectivity index (χ3n) is 3.82. The van der Waals surface area contributed by atoms with Crippen LogP contribution in [-0.4, -0.2) is 22.3 Å². The van der Waals surface area contributed by atoms with Gasteiger partial charge in [-0.15, -0.1) is 0 Å². The number of nitrogens with one attached hydrogen (secondary N) is 1. The smallest absolute Gasteiger partial charge is 0.193 e. The number of nitrogens with two attached hydrogens (primary N) is 1. The van der Waals surface area contributed by atoms with E-state index in [0.29, 0.717) is 17.5 Å². The lowest BCUT2D eigenvalue weighted by Gasteiger charge is -2.17. The second-order valence-electron chi connectivity index (χ2n) is 5.77. The zero-order valence-electron chi connectivity index (χ0n) is 13.9. The molecule has 5 nitrogen and oxygen atoms in total. The minimum absolute atomic E-state index is 0.0508. The van der Waals surface area contributed by atoms with Crippen molar-refractivity contribution >= 4 is 23.2 Å². The Balaban J connectivity index is 1.77. The van der Waals surface area contributed by atoms with E-state index in [1.54, 1.807) is 6.20 Å². The molecule has 0 amide bonds. The number of hydrogen-bond donors (Lipinski definition) is 2. The zero-order valence-corrected chi connectivity index (χ0v) is 14.7. The van der Waals surface area contributed by atoms with Crippen molar-refractivity contribution in [1.29, 1.82) is 0 Å². The van der Waals surface area contributed by atoms with Crippen LogP contribution < -0.4 is 11.1 Å². The van der Waals surface area contributed by atoms with Crippen LogP contribution in [0.25, 0.3) is 0 Å². The summed E-state index contributed by atoms with van der Waals surface area (Å²) in [5.74, 6) is 0.372. The Morgan fingerprint density at radius 3 is 2.72 bits per heavy atom. The van der Waals surface area contributed by atoms with Crippen molar-refractivity contribution in [1.82, 2.24) is 9.78 Å². The monoisotopic (exact) mass is 353 g/mol. The molecule has 0 saturated heterocycles. The standard InChI is InChI=1S/C19H20ClN5/c1-14-4-2-5-17(12-14)24-19(21)22-13-18(25-11-3-10-23-25)15-6-8-16(20)9-7-15/h2-12,18H,13H2,1H3,(H3,21,22,24).